The zero-order valence-electron chi connectivity index (χ0n) is 47.1. The summed E-state index contributed by atoms with van der Waals surface area (Å²) in [6.07, 6.45) is 39.4. The summed E-state index contributed by atoms with van der Waals surface area (Å²) in [6.45, 7) is 17.5. The minimum atomic E-state index is -0.129. The van der Waals surface area contributed by atoms with Crippen molar-refractivity contribution in [3.05, 3.63) is 0 Å². The Kier molecular flexibility index (Phi) is 67.1. The van der Waals surface area contributed by atoms with E-state index in [-0.39, 0.29) is 12.6 Å². The van der Waals surface area contributed by atoms with E-state index in [1.54, 1.807) is 0 Å². The van der Waals surface area contributed by atoms with Crippen LogP contribution in [0.4, 0.5) is 0 Å². The van der Waals surface area contributed by atoms with Crippen molar-refractivity contribution < 1.29 is 66.4 Å². The quantitative estimate of drug-likeness (QED) is 0.0422. The summed E-state index contributed by atoms with van der Waals surface area (Å²) >= 11 is 0. The first-order valence-corrected chi connectivity index (χ1v) is 29.9. The molecule has 0 saturated heterocycles. The molecule has 14 nitrogen and oxygen atoms in total. The van der Waals surface area contributed by atoms with Gasteiger partial charge in [0.25, 0.3) is 0 Å². The average Bonchev–Trinajstić information content (AvgIpc) is 3.39. The van der Waals surface area contributed by atoms with Crippen molar-refractivity contribution >= 4 is 5.97 Å². The molecule has 0 spiro atoms. The minimum Gasteiger partial charge on any atom is -0.463 e. The molecule has 0 radical (unpaired) electrons. The summed E-state index contributed by atoms with van der Waals surface area (Å²) in [6, 6.07) is 0. The van der Waals surface area contributed by atoms with Gasteiger partial charge in [-0.25, -0.2) is 0 Å². The van der Waals surface area contributed by atoms with Gasteiger partial charge in [0.1, 0.15) is 6.61 Å². The van der Waals surface area contributed by atoms with Crippen LogP contribution < -0.4 is 0 Å². The lowest BCUT2D eigenvalue weighted by molar-refractivity contribution is -0.145. The second-order valence-corrected chi connectivity index (χ2v) is 18.9. The first kappa shape index (κ1) is 71.0. The van der Waals surface area contributed by atoms with Crippen LogP contribution in [0.15, 0.2) is 0 Å². The summed E-state index contributed by atoms with van der Waals surface area (Å²) in [7, 11) is 0. The first-order valence-electron chi connectivity index (χ1n) is 29.9. The number of carbonyl (C=O) groups excluding carboxylic acids is 1. The van der Waals surface area contributed by atoms with Gasteiger partial charge in [-0.2, -0.15) is 0 Å². The molecular formula is C58H116O14. The smallest absolute Gasteiger partial charge is 0.305 e. The Hall–Kier alpha value is -1.01. The molecule has 432 valence electrons. The SMILES string of the molecule is CCCCCCCCCCCCCCCCCC(=O)OCCOCCOCCOCCOCCOCCOCCOCCOCCOCCOCCOCCOCCCCCCCCCCCCCCCC. The molecule has 0 N–H and O–H groups in total. The molecule has 0 aromatic rings. The van der Waals surface area contributed by atoms with Gasteiger partial charge in [0, 0.05) is 13.0 Å². The van der Waals surface area contributed by atoms with E-state index in [2.05, 4.69) is 13.8 Å². The molecule has 0 aliphatic carbocycles. The fraction of sp³-hybridized carbons (Fsp3) is 0.983. The average molecular weight is 1040 g/mol. The van der Waals surface area contributed by atoms with Crippen molar-refractivity contribution in [1.82, 2.24) is 0 Å². The molecular weight excluding hydrogens is 921 g/mol. The molecule has 0 heterocycles. The molecule has 72 heavy (non-hydrogen) atoms. The highest BCUT2D eigenvalue weighted by Gasteiger charge is 2.04. The maximum Gasteiger partial charge on any atom is 0.305 e. The van der Waals surface area contributed by atoms with Gasteiger partial charge in [-0.3, -0.25) is 4.79 Å². The molecule has 14 heteroatoms. The first-order chi connectivity index (χ1) is 35.8. The molecule has 0 rings (SSSR count). The number of esters is 1. The lowest BCUT2D eigenvalue weighted by Gasteiger charge is -2.09. The van der Waals surface area contributed by atoms with Crippen LogP contribution in [0.3, 0.4) is 0 Å². The van der Waals surface area contributed by atoms with Gasteiger partial charge in [-0.15, -0.1) is 0 Å². The van der Waals surface area contributed by atoms with E-state index in [0.717, 1.165) is 25.9 Å². The van der Waals surface area contributed by atoms with Crippen LogP contribution >= 0.6 is 0 Å². The molecule has 0 aromatic carbocycles. The van der Waals surface area contributed by atoms with Crippen molar-refractivity contribution in [1.29, 1.82) is 0 Å². The van der Waals surface area contributed by atoms with Gasteiger partial charge in [-0.05, 0) is 12.8 Å². The van der Waals surface area contributed by atoms with Crippen LogP contribution in [0.25, 0.3) is 0 Å². The van der Waals surface area contributed by atoms with Gasteiger partial charge < -0.3 is 61.6 Å². The number of carbonyl (C=O) groups is 1. The lowest BCUT2D eigenvalue weighted by Crippen LogP contribution is -2.15. The van der Waals surface area contributed by atoms with E-state index in [4.69, 9.17) is 61.6 Å². The largest absolute Gasteiger partial charge is 0.463 e. The van der Waals surface area contributed by atoms with Gasteiger partial charge in [-0.1, -0.05) is 187 Å². The third-order valence-corrected chi connectivity index (χ3v) is 12.2. The second-order valence-electron chi connectivity index (χ2n) is 18.9. The van der Waals surface area contributed by atoms with Gasteiger partial charge >= 0.3 is 5.97 Å². The number of ether oxygens (including phenoxy) is 13. The Labute approximate surface area is 442 Å². The third kappa shape index (κ3) is 67.0. The van der Waals surface area contributed by atoms with Gasteiger partial charge in [0.05, 0.1) is 152 Å². The highest BCUT2D eigenvalue weighted by atomic mass is 16.6. The van der Waals surface area contributed by atoms with Crippen LogP contribution in [0, 0.1) is 0 Å². The third-order valence-electron chi connectivity index (χ3n) is 12.2. The van der Waals surface area contributed by atoms with E-state index >= 15 is 0 Å². The maximum atomic E-state index is 11.9. The maximum absolute atomic E-state index is 11.9. The van der Waals surface area contributed by atoms with E-state index in [0.29, 0.717) is 158 Å². The summed E-state index contributed by atoms with van der Waals surface area (Å²) in [4.78, 5) is 11.9. The van der Waals surface area contributed by atoms with Crippen LogP contribution in [0.2, 0.25) is 0 Å². The standard InChI is InChI=1S/C58H116O14/c1-3-5-7-9-11-13-15-17-19-20-22-24-26-28-30-32-58(59)72-57-56-71-55-54-70-53-52-69-51-50-68-49-48-67-47-46-66-45-44-65-43-42-64-41-40-63-39-38-62-37-36-61-35-34-60-33-31-29-27-25-23-21-18-16-14-12-10-8-6-4-2/h3-57H2,1-2H3. The summed E-state index contributed by atoms with van der Waals surface area (Å²) in [5, 5.41) is 0. The van der Waals surface area contributed by atoms with E-state index in [9.17, 15) is 4.79 Å². The van der Waals surface area contributed by atoms with Gasteiger partial charge in [0.2, 0.25) is 0 Å². The predicted molar refractivity (Wildman–Crippen MR) is 291 cm³/mol. The highest BCUT2D eigenvalue weighted by Crippen LogP contribution is 2.15. The van der Waals surface area contributed by atoms with Gasteiger partial charge in [0.15, 0.2) is 0 Å². The Bertz CT molecular complexity index is 966. The molecule has 0 aromatic heterocycles. The molecule has 0 unspecified atom stereocenters. The Morgan fingerprint density at radius 2 is 0.361 bits per heavy atom. The van der Waals surface area contributed by atoms with E-state index in [1.165, 1.54) is 167 Å². The van der Waals surface area contributed by atoms with E-state index in [1.807, 2.05) is 0 Å². The fourth-order valence-corrected chi connectivity index (χ4v) is 7.85. The van der Waals surface area contributed by atoms with Crippen molar-refractivity contribution in [3.8, 4) is 0 Å². The molecule has 0 amide bonds. The monoisotopic (exact) mass is 1040 g/mol. The predicted octanol–water partition coefficient (Wildman–Crippen LogP) is 12.5. The topological polar surface area (TPSA) is 137 Å². The molecule has 0 bridgehead atoms. The van der Waals surface area contributed by atoms with Crippen molar-refractivity contribution in [2.24, 2.45) is 0 Å². The summed E-state index contributed by atoms with van der Waals surface area (Å²) in [5.74, 6) is -0.129. The van der Waals surface area contributed by atoms with Crippen LogP contribution in [-0.4, -0.2) is 171 Å². The molecule has 0 saturated carbocycles. The molecule has 0 fully saturated rings. The minimum absolute atomic E-state index is 0.129. The van der Waals surface area contributed by atoms with Crippen LogP contribution in [0.5, 0.6) is 0 Å². The Morgan fingerprint density at radius 1 is 0.194 bits per heavy atom. The molecule has 0 atom stereocenters. The number of hydrogen-bond donors (Lipinski definition) is 0. The van der Waals surface area contributed by atoms with Crippen LogP contribution in [0.1, 0.15) is 206 Å². The van der Waals surface area contributed by atoms with Crippen molar-refractivity contribution in [3.63, 3.8) is 0 Å². The fourth-order valence-electron chi connectivity index (χ4n) is 7.85. The Balaban J connectivity index is 3.12. The van der Waals surface area contributed by atoms with Crippen molar-refractivity contribution in [2.75, 3.05) is 165 Å². The zero-order chi connectivity index (χ0) is 51.7. The van der Waals surface area contributed by atoms with Crippen LogP contribution in [-0.2, 0) is 66.4 Å². The molecule has 0 aliphatic rings. The number of hydrogen-bond acceptors (Lipinski definition) is 14. The summed E-state index contributed by atoms with van der Waals surface area (Å²) < 4.78 is 71.9. The second kappa shape index (κ2) is 68.0. The molecule has 0 aliphatic heterocycles. The lowest BCUT2D eigenvalue weighted by atomic mass is 10.0. The summed E-state index contributed by atoms with van der Waals surface area (Å²) in [5.41, 5.74) is 0. The number of unbranched alkanes of at least 4 members (excludes halogenated alkanes) is 27. The van der Waals surface area contributed by atoms with Crippen molar-refractivity contribution in [2.45, 2.75) is 206 Å². The Morgan fingerprint density at radius 3 is 0.583 bits per heavy atom. The highest BCUT2D eigenvalue weighted by molar-refractivity contribution is 5.69. The van der Waals surface area contributed by atoms with E-state index < -0.39 is 0 Å². The normalized spacial score (nSPS) is 11.6. The number of rotatable bonds is 67. The zero-order valence-corrected chi connectivity index (χ0v) is 47.1.